The Balaban J connectivity index is 0.00000242. The Morgan fingerprint density at radius 1 is 0.952 bits per heavy atom. The first-order valence-corrected chi connectivity index (χ1v) is 12.9. The third-order valence-corrected chi connectivity index (χ3v) is 7.41. The zero-order valence-corrected chi connectivity index (χ0v) is 25.2. The van der Waals surface area contributed by atoms with Crippen LogP contribution in [0.5, 0.6) is 0 Å². The number of anilines is 1. The summed E-state index contributed by atoms with van der Waals surface area (Å²) in [7, 11) is 0. The molecule has 5 rings (SSSR count). The number of rotatable bonds is 6. The van der Waals surface area contributed by atoms with Gasteiger partial charge in [-0.25, -0.2) is 9.07 Å². The van der Waals surface area contributed by atoms with Crippen molar-refractivity contribution in [2.45, 2.75) is 39.3 Å². The highest BCUT2D eigenvalue weighted by Crippen LogP contribution is 2.47. The molecule has 0 spiro atoms. The van der Waals surface area contributed by atoms with Crippen LogP contribution in [0.25, 0.3) is 5.69 Å². The summed E-state index contributed by atoms with van der Waals surface area (Å²) < 4.78 is 56.0. The van der Waals surface area contributed by atoms with Crippen LogP contribution >= 0.6 is 27.0 Å². The molecule has 42 heavy (non-hydrogen) atoms. The second-order valence-electron chi connectivity index (χ2n) is 9.95. The number of hydrogen-bond donors (Lipinski definition) is 0. The number of carbonyl (C=O) groups excluding carboxylic acids is 2. The van der Waals surface area contributed by atoms with Crippen molar-refractivity contribution in [1.82, 2.24) is 9.78 Å². The first-order valence-electron chi connectivity index (χ1n) is 12.9. The Hall–Kier alpha value is -3.57. The molecule has 2 atom stereocenters. The summed E-state index contributed by atoms with van der Waals surface area (Å²) in [4.78, 5) is 29.1. The lowest BCUT2D eigenvalue weighted by molar-refractivity contribution is -0.137. The maximum Gasteiger partial charge on any atom is 0.416 e. The molecule has 2 heterocycles. The molecule has 3 aromatic carbocycles. The van der Waals surface area contributed by atoms with Crippen molar-refractivity contribution < 1.29 is 27.2 Å². The van der Waals surface area contributed by atoms with Gasteiger partial charge in [0.05, 0.1) is 22.9 Å². The average molecular weight is 618 g/mol. The molecule has 1 aliphatic heterocycles. The monoisotopic (exact) mass is 617 g/mol. The summed E-state index contributed by atoms with van der Waals surface area (Å²) in [6.45, 7) is 5.53. The van der Waals surface area contributed by atoms with Gasteiger partial charge in [-0.3, -0.25) is 14.5 Å². The normalized spacial score (nSPS) is 16.4. The Morgan fingerprint density at radius 3 is 2.26 bits per heavy atom. The summed E-state index contributed by atoms with van der Waals surface area (Å²) in [6, 6.07) is 18.1. The molecular formula is C31H31F4N3O2S2. The van der Waals surface area contributed by atoms with E-state index in [1.807, 2.05) is 44.2 Å². The maximum atomic E-state index is 14.3. The van der Waals surface area contributed by atoms with E-state index in [0.717, 1.165) is 23.4 Å². The smallest absolute Gasteiger partial charge is 0.296 e. The Bertz CT molecular complexity index is 1610. The van der Waals surface area contributed by atoms with Crippen LogP contribution in [0.4, 0.5) is 23.4 Å². The Kier molecular flexibility index (Phi) is 10.00. The van der Waals surface area contributed by atoms with Gasteiger partial charge in [0.15, 0.2) is 5.78 Å². The second-order valence-corrected chi connectivity index (χ2v) is 9.95. The average Bonchev–Trinajstić information content (AvgIpc) is 3.27. The number of amides is 1. The molecule has 1 aliphatic rings. The molecular weight excluding hydrogens is 586 g/mol. The van der Waals surface area contributed by atoms with Gasteiger partial charge in [0.1, 0.15) is 11.6 Å². The van der Waals surface area contributed by atoms with Crippen molar-refractivity contribution in [3.63, 3.8) is 0 Å². The Labute approximate surface area is 255 Å². The largest absolute Gasteiger partial charge is 0.416 e. The molecule has 1 amide bonds. The van der Waals surface area contributed by atoms with Crippen LogP contribution in [0.3, 0.4) is 0 Å². The highest BCUT2D eigenvalue weighted by atomic mass is 32.1. The minimum absolute atomic E-state index is 0. The predicted octanol–water partition coefficient (Wildman–Crippen LogP) is 7.26. The predicted molar refractivity (Wildman–Crippen MR) is 164 cm³/mol. The van der Waals surface area contributed by atoms with Gasteiger partial charge in [-0.2, -0.15) is 45.3 Å². The number of nitrogens with zero attached hydrogens (tertiary/aromatic N) is 3. The van der Waals surface area contributed by atoms with Crippen molar-refractivity contribution >= 4 is 44.5 Å². The molecule has 0 fully saturated rings. The summed E-state index contributed by atoms with van der Waals surface area (Å²) in [6.07, 6.45) is -4.94. The topological polar surface area (TPSA) is 55.2 Å². The first-order chi connectivity index (χ1) is 19.0. The molecule has 0 saturated carbocycles. The van der Waals surface area contributed by atoms with E-state index in [-0.39, 0.29) is 51.4 Å². The van der Waals surface area contributed by atoms with Gasteiger partial charge in [0.2, 0.25) is 5.91 Å². The van der Waals surface area contributed by atoms with Crippen LogP contribution in [-0.4, -0.2) is 28.0 Å². The highest BCUT2D eigenvalue weighted by molar-refractivity contribution is 7.59. The fraction of sp³-hybridized carbons (Fsp3) is 0.258. The van der Waals surface area contributed by atoms with E-state index < -0.39 is 35.2 Å². The molecule has 0 saturated heterocycles. The van der Waals surface area contributed by atoms with Crippen molar-refractivity contribution in [3.8, 4) is 5.69 Å². The van der Waals surface area contributed by atoms with Crippen LogP contribution in [0, 0.1) is 25.6 Å². The van der Waals surface area contributed by atoms with Crippen LogP contribution in [-0.2, 0) is 11.0 Å². The van der Waals surface area contributed by atoms with E-state index in [1.54, 1.807) is 28.6 Å². The maximum absolute atomic E-state index is 14.3. The molecule has 0 aliphatic carbocycles. The fourth-order valence-electron chi connectivity index (χ4n) is 5.51. The lowest BCUT2D eigenvalue weighted by Gasteiger charge is -2.38. The summed E-state index contributed by atoms with van der Waals surface area (Å²) in [5, 5.41) is 4.76. The first kappa shape index (κ1) is 32.9. The van der Waals surface area contributed by atoms with E-state index in [0.29, 0.717) is 22.6 Å². The van der Waals surface area contributed by atoms with Crippen molar-refractivity contribution in [2.75, 3.05) is 11.4 Å². The number of carbonyl (C=O) groups is 2. The standard InChI is InChI=1S/C31H27F4N3O2.2H2S/c1-4-37-29-27(19(3)36-38(29)23-11-6-5-7-12-23)28(21-13-14-25(32)18(2)15-21)24(30(37)40)17-26(39)20-9-8-10-22(16-20)31(33,34)35;;/h5-16,24,28H,4,17H2,1-3H3;2*1H2/t24-,28+;;/m0../s1. The third kappa shape index (κ3) is 5.98. The minimum atomic E-state index is -4.61. The van der Waals surface area contributed by atoms with Crippen LogP contribution in [0.1, 0.15) is 57.6 Å². The lowest BCUT2D eigenvalue weighted by Crippen LogP contribution is -2.45. The SMILES string of the molecule is CCN1C(=O)[C@@H](CC(=O)c2cccc(C(F)(F)F)c2)[C@@H](c2ccc(F)c(C)c2)c2c(C)nn(-c3ccccc3)c21.S.S. The second kappa shape index (κ2) is 12.7. The quantitative estimate of drug-likeness (QED) is 0.169. The Morgan fingerprint density at radius 2 is 1.64 bits per heavy atom. The van der Waals surface area contributed by atoms with E-state index >= 15 is 0 Å². The number of ketones is 1. The van der Waals surface area contributed by atoms with Crippen LogP contribution in [0.2, 0.25) is 0 Å². The molecule has 4 aromatic rings. The molecule has 5 nitrogen and oxygen atoms in total. The van der Waals surface area contributed by atoms with Crippen molar-refractivity contribution in [3.05, 3.63) is 112 Å². The number of para-hydroxylation sites is 1. The number of alkyl halides is 3. The van der Waals surface area contributed by atoms with Crippen molar-refractivity contribution in [1.29, 1.82) is 0 Å². The summed E-state index contributed by atoms with van der Waals surface area (Å²) in [5.74, 6) is -2.39. The zero-order chi connectivity index (χ0) is 28.8. The highest BCUT2D eigenvalue weighted by Gasteiger charge is 2.45. The van der Waals surface area contributed by atoms with Crippen molar-refractivity contribution in [2.24, 2.45) is 5.92 Å². The zero-order valence-electron chi connectivity index (χ0n) is 23.2. The summed E-state index contributed by atoms with van der Waals surface area (Å²) >= 11 is 0. The van der Waals surface area contributed by atoms with Gasteiger partial charge in [-0.15, -0.1) is 0 Å². The number of fused-ring (bicyclic) bond motifs is 1. The van der Waals surface area contributed by atoms with E-state index in [9.17, 15) is 27.2 Å². The van der Waals surface area contributed by atoms with Gasteiger partial charge in [0, 0.05) is 30.0 Å². The van der Waals surface area contributed by atoms with Gasteiger partial charge in [0.25, 0.3) is 0 Å². The van der Waals surface area contributed by atoms with Crippen LogP contribution < -0.4 is 4.90 Å². The summed E-state index contributed by atoms with van der Waals surface area (Å²) in [5.41, 5.74) is 2.04. The van der Waals surface area contributed by atoms with E-state index in [4.69, 9.17) is 5.10 Å². The number of hydrogen-bond acceptors (Lipinski definition) is 3. The van der Waals surface area contributed by atoms with Gasteiger partial charge >= 0.3 is 6.18 Å². The molecule has 0 N–H and O–H groups in total. The molecule has 222 valence electrons. The number of benzene rings is 3. The molecule has 11 heteroatoms. The molecule has 1 aromatic heterocycles. The molecule has 0 unspecified atom stereocenters. The van der Waals surface area contributed by atoms with Gasteiger partial charge in [-0.05, 0) is 62.2 Å². The van der Waals surface area contributed by atoms with E-state index in [1.165, 1.54) is 18.2 Å². The lowest BCUT2D eigenvalue weighted by atomic mass is 9.74. The van der Waals surface area contributed by atoms with E-state index in [2.05, 4.69) is 0 Å². The van der Waals surface area contributed by atoms with Gasteiger partial charge < -0.3 is 0 Å². The van der Waals surface area contributed by atoms with Crippen LogP contribution in [0.15, 0.2) is 72.8 Å². The molecule has 0 radical (unpaired) electrons. The fourth-order valence-corrected chi connectivity index (χ4v) is 5.51. The molecule has 0 bridgehead atoms. The number of aromatic nitrogens is 2. The third-order valence-electron chi connectivity index (χ3n) is 7.41. The number of aryl methyl sites for hydroxylation is 2. The number of Topliss-reactive ketones (excluding diaryl/α,β-unsaturated/α-hetero) is 1. The van der Waals surface area contributed by atoms with Gasteiger partial charge in [-0.1, -0.05) is 42.5 Å². The minimum Gasteiger partial charge on any atom is -0.296 e. The number of halogens is 4.